The van der Waals surface area contributed by atoms with Crippen LogP contribution >= 0.6 is 34.2 Å². The smallest absolute Gasteiger partial charge is 0.307 e. The Bertz CT molecular complexity index is 990. The first-order valence-corrected chi connectivity index (χ1v) is 9.65. The molecule has 0 bridgehead atoms. The first kappa shape index (κ1) is 20.2. The van der Waals surface area contributed by atoms with Crippen LogP contribution < -0.4 is 14.9 Å². The minimum Gasteiger partial charge on any atom is -0.493 e. The van der Waals surface area contributed by atoms with E-state index in [2.05, 4.69) is 33.1 Å². The summed E-state index contributed by atoms with van der Waals surface area (Å²) in [6, 6.07) is 14.3. The summed E-state index contributed by atoms with van der Waals surface area (Å²) in [4.78, 5) is 11.8. The predicted molar refractivity (Wildman–Crippen MR) is 115 cm³/mol. The number of carbonyl (C=O) groups is 1. The van der Waals surface area contributed by atoms with Crippen LogP contribution in [0, 0.1) is 3.57 Å². The fraction of sp³-hybridized carbons (Fsp3) is 0.100. The van der Waals surface area contributed by atoms with E-state index in [9.17, 15) is 4.79 Å². The number of hydrogen-bond acceptors (Lipinski definition) is 5. The summed E-state index contributed by atoms with van der Waals surface area (Å²) in [5, 5.41) is 4.59. The molecule has 0 aliphatic rings. The predicted octanol–water partition coefficient (Wildman–Crippen LogP) is 4.89. The lowest BCUT2D eigenvalue weighted by Crippen LogP contribution is -2.16. The molecule has 144 valence electrons. The molecule has 1 amide bonds. The molecule has 3 aromatic rings. The second kappa shape index (κ2) is 9.61. The largest absolute Gasteiger partial charge is 0.493 e. The van der Waals surface area contributed by atoms with Gasteiger partial charge in [-0.2, -0.15) is 5.10 Å². The number of halogens is 2. The van der Waals surface area contributed by atoms with Crippen molar-refractivity contribution in [1.29, 1.82) is 0 Å². The van der Waals surface area contributed by atoms with Crippen molar-refractivity contribution < 1.29 is 18.7 Å². The molecule has 0 aliphatic carbocycles. The normalized spacial score (nSPS) is 10.8. The van der Waals surface area contributed by atoms with E-state index in [0.29, 0.717) is 23.1 Å². The zero-order valence-corrected chi connectivity index (χ0v) is 17.7. The van der Waals surface area contributed by atoms with E-state index in [1.807, 2.05) is 30.3 Å². The quantitative estimate of drug-likeness (QED) is 0.279. The lowest BCUT2D eigenvalue weighted by molar-refractivity contribution is 0.0927. The van der Waals surface area contributed by atoms with Gasteiger partial charge in [-0.05, 0) is 58.5 Å². The number of methoxy groups -OCH3 is 1. The third-order valence-electron chi connectivity index (χ3n) is 3.71. The molecule has 0 fully saturated rings. The highest BCUT2D eigenvalue weighted by Crippen LogP contribution is 2.34. The van der Waals surface area contributed by atoms with Gasteiger partial charge in [-0.15, -0.1) is 0 Å². The fourth-order valence-electron chi connectivity index (χ4n) is 2.35. The molecule has 0 spiro atoms. The molecule has 0 aliphatic heterocycles. The average molecular weight is 511 g/mol. The number of carbonyl (C=O) groups excluding carboxylic acids is 1. The number of benzene rings is 2. The number of amides is 1. The van der Waals surface area contributed by atoms with Crippen molar-refractivity contribution in [3.8, 4) is 11.5 Å². The molecule has 28 heavy (non-hydrogen) atoms. The van der Waals surface area contributed by atoms with Gasteiger partial charge in [0, 0.05) is 10.6 Å². The molecule has 0 radical (unpaired) electrons. The standard InChI is InChI=1S/C20H16ClIN2O4/c1-26-18-10-13(11-23-24-20(25)17-7-4-8-27-17)9-16(22)19(18)28-12-14-5-2-3-6-15(14)21/h2-11H,12H2,1H3,(H,24,25)/b23-11-. The molecule has 1 aromatic heterocycles. The average Bonchev–Trinajstić information content (AvgIpc) is 3.23. The van der Waals surface area contributed by atoms with Gasteiger partial charge in [0.15, 0.2) is 17.3 Å². The van der Waals surface area contributed by atoms with E-state index in [0.717, 1.165) is 14.7 Å². The summed E-state index contributed by atoms with van der Waals surface area (Å²) in [7, 11) is 1.56. The van der Waals surface area contributed by atoms with E-state index >= 15 is 0 Å². The summed E-state index contributed by atoms with van der Waals surface area (Å²) >= 11 is 8.34. The monoisotopic (exact) mass is 510 g/mol. The zero-order chi connectivity index (χ0) is 19.9. The van der Waals surface area contributed by atoms with Crippen molar-refractivity contribution in [2.24, 2.45) is 5.10 Å². The third kappa shape index (κ3) is 5.05. The van der Waals surface area contributed by atoms with Gasteiger partial charge in [-0.25, -0.2) is 5.43 Å². The minimum absolute atomic E-state index is 0.188. The van der Waals surface area contributed by atoms with Crippen molar-refractivity contribution in [2.45, 2.75) is 6.61 Å². The Morgan fingerprint density at radius 3 is 2.82 bits per heavy atom. The van der Waals surface area contributed by atoms with Gasteiger partial charge in [0.25, 0.3) is 0 Å². The van der Waals surface area contributed by atoms with E-state index in [4.69, 9.17) is 25.5 Å². The number of nitrogens with one attached hydrogen (secondary N) is 1. The van der Waals surface area contributed by atoms with Crippen molar-refractivity contribution >= 4 is 46.3 Å². The SMILES string of the molecule is COc1cc(/C=N\NC(=O)c2ccco2)cc(I)c1OCc1ccccc1Cl. The molecule has 0 atom stereocenters. The Kier molecular flexibility index (Phi) is 6.94. The Morgan fingerprint density at radius 1 is 1.29 bits per heavy atom. The molecule has 2 aromatic carbocycles. The Hall–Kier alpha value is -2.52. The molecular weight excluding hydrogens is 495 g/mol. The van der Waals surface area contributed by atoms with E-state index in [1.54, 1.807) is 25.3 Å². The highest BCUT2D eigenvalue weighted by atomic mass is 127. The summed E-state index contributed by atoms with van der Waals surface area (Å²) in [6.07, 6.45) is 2.94. The molecule has 1 N–H and O–H groups in total. The number of nitrogens with zero attached hydrogens (tertiary/aromatic N) is 1. The summed E-state index contributed by atoms with van der Waals surface area (Å²) < 4.78 is 17.2. The third-order valence-corrected chi connectivity index (χ3v) is 4.88. The number of furan rings is 1. The first-order chi connectivity index (χ1) is 13.6. The summed E-state index contributed by atoms with van der Waals surface area (Å²) in [5.74, 6) is 0.924. The molecule has 0 saturated heterocycles. The lowest BCUT2D eigenvalue weighted by Gasteiger charge is -2.14. The molecule has 3 rings (SSSR count). The van der Waals surface area contributed by atoms with Gasteiger partial charge >= 0.3 is 5.91 Å². The van der Waals surface area contributed by atoms with Crippen LogP contribution in [0.2, 0.25) is 5.02 Å². The number of hydrogen-bond donors (Lipinski definition) is 1. The number of rotatable bonds is 7. The lowest BCUT2D eigenvalue weighted by atomic mass is 10.2. The Balaban J connectivity index is 1.71. The first-order valence-electron chi connectivity index (χ1n) is 8.19. The van der Waals surface area contributed by atoms with E-state index < -0.39 is 5.91 Å². The van der Waals surface area contributed by atoms with Crippen LogP contribution in [0.4, 0.5) is 0 Å². The van der Waals surface area contributed by atoms with Gasteiger partial charge in [-0.1, -0.05) is 29.8 Å². The van der Waals surface area contributed by atoms with Crippen LogP contribution in [0.25, 0.3) is 0 Å². The van der Waals surface area contributed by atoms with Gasteiger partial charge < -0.3 is 13.9 Å². The van der Waals surface area contributed by atoms with Crippen LogP contribution in [0.5, 0.6) is 11.5 Å². The Morgan fingerprint density at radius 2 is 2.11 bits per heavy atom. The van der Waals surface area contributed by atoms with Crippen LogP contribution in [0.15, 0.2) is 64.3 Å². The van der Waals surface area contributed by atoms with Gasteiger partial charge in [0.1, 0.15) is 6.61 Å². The van der Waals surface area contributed by atoms with Gasteiger partial charge in [0.05, 0.1) is 23.2 Å². The molecule has 0 unspecified atom stereocenters. The maximum Gasteiger partial charge on any atom is 0.307 e. The van der Waals surface area contributed by atoms with Crippen LogP contribution in [0.1, 0.15) is 21.7 Å². The zero-order valence-electron chi connectivity index (χ0n) is 14.8. The van der Waals surface area contributed by atoms with Crippen LogP contribution in [0.3, 0.4) is 0 Å². The second-order valence-corrected chi connectivity index (χ2v) is 7.16. The highest BCUT2D eigenvalue weighted by molar-refractivity contribution is 14.1. The fourth-order valence-corrected chi connectivity index (χ4v) is 3.32. The number of hydrazone groups is 1. The Labute approximate surface area is 180 Å². The van der Waals surface area contributed by atoms with Crippen LogP contribution in [-0.2, 0) is 6.61 Å². The summed E-state index contributed by atoms with van der Waals surface area (Å²) in [5.41, 5.74) is 4.03. The molecule has 0 saturated carbocycles. The van der Waals surface area contributed by atoms with Gasteiger partial charge in [-0.3, -0.25) is 4.79 Å². The molecule has 1 heterocycles. The number of ether oxygens (including phenoxy) is 2. The highest BCUT2D eigenvalue weighted by Gasteiger charge is 2.12. The van der Waals surface area contributed by atoms with E-state index in [-0.39, 0.29) is 5.76 Å². The maximum atomic E-state index is 11.8. The van der Waals surface area contributed by atoms with Gasteiger partial charge in [0.2, 0.25) is 0 Å². The van der Waals surface area contributed by atoms with Crippen molar-refractivity contribution in [2.75, 3.05) is 7.11 Å². The van der Waals surface area contributed by atoms with Crippen molar-refractivity contribution in [3.63, 3.8) is 0 Å². The molecule has 8 heteroatoms. The topological polar surface area (TPSA) is 73.1 Å². The second-order valence-electron chi connectivity index (χ2n) is 5.59. The molecular formula is C20H16ClIN2O4. The van der Waals surface area contributed by atoms with Crippen LogP contribution in [-0.4, -0.2) is 19.2 Å². The van der Waals surface area contributed by atoms with Crippen molar-refractivity contribution in [1.82, 2.24) is 5.43 Å². The van der Waals surface area contributed by atoms with Crippen molar-refractivity contribution in [3.05, 3.63) is 80.3 Å². The maximum absolute atomic E-state index is 11.8. The minimum atomic E-state index is -0.428. The molecule has 6 nitrogen and oxygen atoms in total. The summed E-state index contributed by atoms with van der Waals surface area (Å²) in [6.45, 7) is 0.318. The van der Waals surface area contributed by atoms with E-state index in [1.165, 1.54) is 12.5 Å².